The zero-order chi connectivity index (χ0) is 28.9. The minimum atomic E-state index is -0.00289. The van der Waals surface area contributed by atoms with E-state index >= 15 is 0 Å². The second-order valence-corrected chi connectivity index (χ2v) is 14.2. The van der Waals surface area contributed by atoms with Crippen molar-refractivity contribution >= 4 is 57.2 Å². The predicted octanol–water partition coefficient (Wildman–Crippen LogP) is 9.78. The van der Waals surface area contributed by atoms with Gasteiger partial charge in [-0.25, -0.2) is 0 Å². The maximum Gasteiger partial charge on any atom is 0.261 e. The van der Waals surface area contributed by atoms with Gasteiger partial charge in [-0.05, 0) is 59.7 Å². The summed E-state index contributed by atoms with van der Waals surface area (Å²) in [6.07, 6.45) is 8.83. The summed E-state index contributed by atoms with van der Waals surface area (Å²) >= 11 is 5.04. The Morgan fingerprint density at radius 2 is 1.12 bits per heavy atom. The topological polar surface area (TPSA) is 40.6 Å². The summed E-state index contributed by atoms with van der Waals surface area (Å²) in [4.78, 5) is 37.4. The molecule has 0 aliphatic carbocycles. The first kappa shape index (κ1) is 30.0. The lowest BCUT2D eigenvalue weighted by Crippen LogP contribution is -2.34. The molecule has 2 aliphatic heterocycles. The van der Waals surface area contributed by atoms with E-state index in [1.807, 2.05) is 21.2 Å². The van der Waals surface area contributed by atoms with Crippen molar-refractivity contribution in [3.8, 4) is 9.75 Å². The molecule has 218 valence electrons. The second-order valence-electron chi connectivity index (χ2n) is 11.2. The molecule has 2 aliphatic rings. The molecule has 5 rings (SSSR count). The molecule has 0 bridgehead atoms. The summed E-state index contributed by atoms with van der Waals surface area (Å²) in [6, 6.07) is 12.6. The van der Waals surface area contributed by atoms with Gasteiger partial charge in [0.1, 0.15) is 0 Å². The molecular formula is C34H42N2O2S3. The molecule has 7 heteroatoms. The van der Waals surface area contributed by atoms with E-state index in [0.29, 0.717) is 36.1 Å². The van der Waals surface area contributed by atoms with Gasteiger partial charge in [-0.1, -0.05) is 78.4 Å². The highest BCUT2D eigenvalue weighted by atomic mass is 32.1. The summed E-state index contributed by atoms with van der Waals surface area (Å²) < 4.78 is 0. The Balaban J connectivity index is 1.64. The SMILES string of the molecule is CCCCC(CC)CN1C(=O)C2=C(c3ccc(-c4cccs4)s3)N(CC(CC)CCCC)C(=O)C2=C1c1cccs1. The lowest BCUT2D eigenvalue weighted by molar-refractivity contribution is -0.124. The molecule has 0 radical (unpaired) electrons. The van der Waals surface area contributed by atoms with Gasteiger partial charge < -0.3 is 9.80 Å². The fraction of sp³-hybridized carbons (Fsp3) is 0.471. The molecule has 0 spiro atoms. The summed E-state index contributed by atoms with van der Waals surface area (Å²) in [7, 11) is 0. The van der Waals surface area contributed by atoms with Crippen LogP contribution in [0.25, 0.3) is 21.1 Å². The van der Waals surface area contributed by atoms with Crippen LogP contribution in [0, 0.1) is 11.8 Å². The van der Waals surface area contributed by atoms with Crippen LogP contribution in [0.2, 0.25) is 0 Å². The maximum atomic E-state index is 14.5. The van der Waals surface area contributed by atoms with Crippen LogP contribution in [0.15, 0.2) is 58.3 Å². The smallest absolute Gasteiger partial charge is 0.261 e. The van der Waals surface area contributed by atoms with Crippen molar-refractivity contribution in [2.75, 3.05) is 13.1 Å². The van der Waals surface area contributed by atoms with Gasteiger partial charge in [0.25, 0.3) is 11.8 Å². The first-order valence-electron chi connectivity index (χ1n) is 15.3. The van der Waals surface area contributed by atoms with Gasteiger partial charge in [0.05, 0.1) is 32.3 Å². The third-order valence-corrected chi connectivity index (χ3v) is 11.5. The first-order chi connectivity index (χ1) is 20.0. The van der Waals surface area contributed by atoms with Crippen LogP contribution in [0.4, 0.5) is 0 Å². The number of rotatable bonds is 15. The summed E-state index contributed by atoms with van der Waals surface area (Å²) in [5, 5.41) is 4.14. The van der Waals surface area contributed by atoms with Crippen molar-refractivity contribution in [1.82, 2.24) is 9.80 Å². The number of fused-ring (bicyclic) bond motifs is 1. The quantitative estimate of drug-likeness (QED) is 0.173. The van der Waals surface area contributed by atoms with E-state index in [0.717, 1.165) is 72.5 Å². The van der Waals surface area contributed by atoms with Crippen LogP contribution in [-0.4, -0.2) is 34.7 Å². The van der Waals surface area contributed by atoms with Crippen molar-refractivity contribution in [3.63, 3.8) is 0 Å². The fourth-order valence-corrected chi connectivity index (χ4v) is 8.72. The molecule has 3 aromatic heterocycles. The van der Waals surface area contributed by atoms with Crippen molar-refractivity contribution in [1.29, 1.82) is 0 Å². The molecule has 5 heterocycles. The molecule has 3 aromatic rings. The third-order valence-electron chi connectivity index (χ3n) is 8.51. The Morgan fingerprint density at radius 1 is 0.634 bits per heavy atom. The van der Waals surface area contributed by atoms with Crippen LogP contribution >= 0.6 is 34.0 Å². The van der Waals surface area contributed by atoms with Gasteiger partial charge in [-0.15, -0.1) is 34.0 Å². The van der Waals surface area contributed by atoms with Gasteiger partial charge in [0.2, 0.25) is 0 Å². The molecule has 2 atom stereocenters. The Labute approximate surface area is 257 Å². The van der Waals surface area contributed by atoms with E-state index in [-0.39, 0.29) is 11.8 Å². The average Bonchev–Trinajstić information content (AvgIpc) is 3.81. The van der Waals surface area contributed by atoms with E-state index in [4.69, 9.17) is 0 Å². The standard InChI is InChI=1S/C34H42N2O2S3/c1-5-9-13-23(7-3)21-35-31(27-16-12-20-40-27)29-30(34(35)38)32(28-18-17-26(41-28)25-15-11-19-39-25)36(33(29)37)22-24(8-4)14-10-6-2/h11-12,15-20,23-24H,5-10,13-14,21-22H2,1-4H3. The molecule has 0 saturated heterocycles. The number of carbonyl (C=O) groups excluding carboxylic acids is 2. The Hall–Kier alpha value is -2.48. The minimum Gasteiger partial charge on any atom is -0.306 e. The normalized spacial score (nSPS) is 16.9. The molecule has 0 saturated carbocycles. The second kappa shape index (κ2) is 13.7. The molecular weight excluding hydrogens is 565 g/mol. The number of unbranched alkanes of at least 4 members (excludes halogenated alkanes) is 2. The van der Waals surface area contributed by atoms with Crippen LogP contribution < -0.4 is 0 Å². The molecule has 0 aromatic carbocycles. The summed E-state index contributed by atoms with van der Waals surface area (Å²) in [5.74, 6) is 0.809. The Kier molecular flexibility index (Phi) is 9.99. The van der Waals surface area contributed by atoms with Gasteiger partial charge in [0, 0.05) is 22.8 Å². The average molecular weight is 607 g/mol. The largest absolute Gasteiger partial charge is 0.306 e. The zero-order valence-corrected chi connectivity index (χ0v) is 27.2. The molecule has 0 fully saturated rings. The number of nitrogens with zero attached hydrogens (tertiary/aromatic N) is 2. The lowest BCUT2D eigenvalue weighted by atomic mass is 9.98. The lowest BCUT2D eigenvalue weighted by Gasteiger charge is -2.29. The van der Waals surface area contributed by atoms with Gasteiger partial charge in [-0.3, -0.25) is 9.59 Å². The Bertz CT molecular complexity index is 1400. The van der Waals surface area contributed by atoms with Crippen LogP contribution in [-0.2, 0) is 9.59 Å². The molecule has 2 amide bonds. The van der Waals surface area contributed by atoms with Crippen molar-refractivity contribution in [3.05, 3.63) is 68.1 Å². The molecule has 41 heavy (non-hydrogen) atoms. The number of carbonyl (C=O) groups is 2. The summed E-state index contributed by atoms with van der Waals surface area (Å²) in [5.41, 5.74) is 2.90. The monoisotopic (exact) mass is 606 g/mol. The van der Waals surface area contributed by atoms with Gasteiger partial charge in [0.15, 0.2) is 0 Å². The van der Waals surface area contributed by atoms with E-state index in [9.17, 15) is 9.59 Å². The number of hydrogen-bond donors (Lipinski definition) is 0. The minimum absolute atomic E-state index is 0.00289. The van der Waals surface area contributed by atoms with Crippen LogP contribution in [0.1, 0.15) is 88.8 Å². The van der Waals surface area contributed by atoms with E-state index in [1.54, 1.807) is 34.0 Å². The number of amides is 2. The highest BCUT2D eigenvalue weighted by Gasteiger charge is 2.49. The van der Waals surface area contributed by atoms with Crippen molar-refractivity contribution < 1.29 is 9.59 Å². The summed E-state index contributed by atoms with van der Waals surface area (Å²) in [6.45, 7) is 10.2. The first-order valence-corrected chi connectivity index (χ1v) is 17.9. The van der Waals surface area contributed by atoms with E-state index in [2.05, 4.69) is 63.4 Å². The van der Waals surface area contributed by atoms with Gasteiger partial charge >= 0.3 is 0 Å². The molecule has 2 unspecified atom stereocenters. The number of thiophene rings is 3. The van der Waals surface area contributed by atoms with E-state index in [1.165, 1.54) is 9.75 Å². The van der Waals surface area contributed by atoms with E-state index < -0.39 is 0 Å². The molecule has 4 nitrogen and oxygen atoms in total. The van der Waals surface area contributed by atoms with Crippen molar-refractivity contribution in [2.24, 2.45) is 11.8 Å². The third kappa shape index (κ3) is 6.04. The fourth-order valence-electron chi connectivity index (χ4n) is 6.04. The highest BCUT2D eigenvalue weighted by molar-refractivity contribution is 7.21. The Morgan fingerprint density at radius 3 is 1.59 bits per heavy atom. The maximum absolute atomic E-state index is 14.5. The molecule has 0 N–H and O–H groups in total. The zero-order valence-electron chi connectivity index (χ0n) is 24.8. The van der Waals surface area contributed by atoms with Crippen LogP contribution in [0.5, 0.6) is 0 Å². The van der Waals surface area contributed by atoms with Gasteiger partial charge in [-0.2, -0.15) is 0 Å². The van der Waals surface area contributed by atoms with Crippen molar-refractivity contribution in [2.45, 2.75) is 79.1 Å². The predicted molar refractivity (Wildman–Crippen MR) is 176 cm³/mol. The highest BCUT2D eigenvalue weighted by Crippen LogP contribution is 2.50. The number of hydrogen-bond acceptors (Lipinski definition) is 5. The van der Waals surface area contributed by atoms with Crippen LogP contribution in [0.3, 0.4) is 0 Å².